The molecule has 4 nitrogen and oxygen atoms in total. The summed E-state index contributed by atoms with van der Waals surface area (Å²) in [5.41, 5.74) is 6.65. The maximum atomic E-state index is 13.6. The van der Waals surface area contributed by atoms with Crippen LogP contribution in [0.4, 0.5) is 15.9 Å². The van der Waals surface area contributed by atoms with Crippen LogP contribution in [0.25, 0.3) is 0 Å². The van der Waals surface area contributed by atoms with E-state index in [1.54, 1.807) is 19.1 Å². The molecule has 1 amide bonds. The van der Waals surface area contributed by atoms with Gasteiger partial charge >= 0.3 is 0 Å². The molecule has 0 aliphatic carbocycles. The van der Waals surface area contributed by atoms with E-state index in [2.05, 4.69) is 26.2 Å². The van der Waals surface area contributed by atoms with E-state index in [0.717, 1.165) is 0 Å². The second-order valence-corrected chi connectivity index (χ2v) is 4.92. The van der Waals surface area contributed by atoms with Gasteiger partial charge in [0.05, 0.1) is 5.69 Å². The smallest absolute Gasteiger partial charge is 0.255 e. The van der Waals surface area contributed by atoms with Gasteiger partial charge in [0.2, 0.25) is 0 Å². The molecule has 1 heterocycles. The van der Waals surface area contributed by atoms with E-state index in [4.69, 9.17) is 5.73 Å². The van der Waals surface area contributed by atoms with Crippen LogP contribution in [0.3, 0.4) is 0 Å². The number of nitrogens with one attached hydrogen (secondary N) is 1. The second kappa shape index (κ2) is 5.36. The number of pyridine rings is 1. The first-order valence-electron chi connectivity index (χ1n) is 5.46. The number of nitrogen functional groups attached to an aromatic ring is 1. The summed E-state index contributed by atoms with van der Waals surface area (Å²) < 4.78 is 14.2. The summed E-state index contributed by atoms with van der Waals surface area (Å²) >= 11 is 3.15. The molecule has 0 unspecified atom stereocenters. The molecule has 0 spiro atoms. The van der Waals surface area contributed by atoms with E-state index in [0.29, 0.717) is 15.7 Å². The minimum Gasteiger partial charge on any atom is -0.384 e. The van der Waals surface area contributed by atoms with Crippen LogP contribution in [0, 0.1) is 12.7 Å². The molecule has 98 valence electrons. The number of aryl methyl sites for hydroxylation is 1. The van der Waals surface area contributed by atoms with E-state index in [1.807, 2.05) is 0 Å². The summed E-state index contributed by atoms with van der Waals surface area (Å²) in [5, 5.41) is 2.49. The fourth-order valence-corrected chi connectivity index (χ4v) is 1.94. The lowest BCUT2D eigenvalue weighted by Crippen LogP contribution is -2.14. The van der Waals surface area contributed by atoms with Crippen molar-refractivity contribution < 1.29 is 9.18 Å². The Morgan fingerprint density at radius 1 is 1.37 bits per heavy atom. The van der Waals surface area contributed by atoms with Crippen molar-refractivity contribution >= 4 is 33.3 Å². The Labute approximate surface area is 118 Å². The molecule has 0 fully saturated rings. The molecular formula is C13H11BrFN3O. The van der Waals surface area contributed by atoms with Crippen LogP contribution in [0.2, 0.25) is 0 Å². The number of aromatic nitrogens is 1. The molecule has 0 aliphatic rings. The number of carbonyl (C=O) groups excluding carboxylic acids is 1. The second-order valence-electron chi connectivity index (χ2n) is 4.00. The normalized spacial score (nSPS) is 10.3. The summed E-state index contributed by atoms with van der Waals surface area (Å²) in [6.07, 6.45) is 0. The van der Waals surface area contributed by atoms with Crippen molar-refractivity contribution in [3.8, 4) is 0 Å². The molecule has 2 rings (SSSR count). The first kappa shape index (κ1) is 13.5. The number of halogens is 2. The molecule has 0 bridgehead atoms. The number of hydrogen-bond donors (Lipinski definition) is 2. The van der Waals surface area contributed by atoms with Gasteiger partial charge in [-0.15, -0.1) is 0 Å². The SMILES string of the molecule is Cc1cc(C(=O)Nc2ccc(Br)cc2F)cc(N)n1. The highest BCUT2D eigenvalue weighted by atomic mass is 79.9. The lowest BCUT2D eigenvalue weighted by molar-refractivity contribution is 0.102. The number of nitrogens with zero attached hydrogens (tertiary/aromatic N) is 1. The predicted octanol–water partition coefficient (Wildman–Crippen LogP) is 3.13. The maximum absolute atomic E-state index is 13.6. The lowest BCUT2D eigenvalue weighted by Gasteiger charge is -2.07. The minimum atomic E-state index is -0.513. The van der Waals surface area contributed by atoms with Crippen molar-refractivity contribution in [3.63, 3.8) is 0 Å². The van der Waals surface area contributed by atoms with Crippen molar-refractivity contribution in [3.05, 3.63) is 51.9 Å². The van der Waals surface area contributed by atoms with Gasteiger partial charge in [-0.1, -0.05) is 15.9 Å². The largest absolute Gasteiger partial charge is 0.384 e. The number of carbonyl (C=O) groups is 1. The molecule has 19 heavy (non-hydrogen) atoms. The van der Waals surface area contributed by atoms with Crippen molar-refractivity contribution in [2.24, 2.45) is 0 Å². The molecular weight excluding hydrogens is 313 g/mol. The molecule has 6 heteroatoms. The molecule has 0 saturated carbocycles. The molecule has 0 saturated heterocycles. The maximum Gasteiger partial charge on any atom is 0.255 e. The van der Waals surface area contributed by atoms with Crippen LogP contribution in [0.5, 0.6) is 0 Å². The molecule has 1 aromatic carbocycles. The van der Waals surface area contributed by atoms with E-state index < -0.39 is 11.7 Å². The zero-order valence-electron chi connectivity index (χ0n) is 10.1. The number of anilines is 2. The zero-order valence-corrected chi connectivity index (χ0v) is 11.7. The molecule has 0 aliphatic heterocycles. The first-order chi connectivity index (χ1) is 8.95. The Bertz CT molecular complexity index is 626. The van der Waals surface area contributed by atoms with E-state index >= 15 is 0 Å². The Balaban J connectivity index is 2.25. The van der Waals surface area contributed by atoms with Gasteiger partial charge in [0.15, 0.2) is 0 Å². The summed E-state index contributed by atoms with van der Waals surface area (Å²) in [7, 11) is 0. The number of benzene rings is 1. The van der Waals surface area contributed by atoms with Gasteiger partial charge in [-0.25, -0.2) is 9.37 Å². The van der Waals surface area contributed by atoms with E-state index in [-0.39, 0.29) is 11.5 Å². The summed E-state index contributed by atoms with van der Waals surface area (Å²) in [4.78, 5) is 16.0. The Morgan fingerprint density at radius 2 is 2.11 bits per heavy atom. The van der Waals surface area contributed by atoms with Gasteiger partial charge in [0.25, 0.3) is 5.91 Å². The quantitative estimate of drug-likeness (QED) is 0.892. The average Bonchev–Trinajstić information content (AvgIpc) is 2.31. The third-order valence-electron chi connectivity index (χ3n) is 2.41. The summed E-state index contributed by atoms with van der Waals surface area (Å²) in [5.74, 6) is -0.693. The van der Waals surface area contributed by atoms with Crippen LogP contribution in [0.1, 0.15) is 16.1 Å². The zero-order chi connectivity index (χ0) is 14.0. The predicted molar refractivity (Wildman–Crippen MR) is 75.4 cm³/mol. The van der Waals surface area contributed by atoms with Crippen LogP contribution in [-0.2, 0) is 0 Å². The number of nitrogens with two attached hydrogens (primary N) is 1. The van der Waals surface area contributed by atoms with Crippen molar-refractivity contribution in [1.82, 2.24) is 4.98 Å². The topological polar surface area (TPSA) is 68.0 Å². The van der Waals surface area contributed by atoms with E-state index in [1.165, 1.54) is 18.2 Å². The van der Waals surface area contributed by atoms with E-state index in [9.17, 15) is 9.18 Å². The third-order valence-corrected chi connectivity index (χ3v) is 2.91. The highest BCUT2D eigenvalue weighted by molar-refractivity contribution is 9.10. The van der Waals surface area contributed by atoms with Gasteiger partial charge in [0.1, 0.15) is 11.6 Å². The van der Waals surface area contributed by atoms with Crippen LogP contribution >= 0.6 is 15.9 Å². The fraction of sp³-hybridized carbons (Fsp3) is 0.0769. The van der Waals surface area contributed by atoms with Crippen molar-refractivity contribution in [2.45, 2.75) is 6.92 Å². The van der Waals surface area contributed by atoms with Crippen LogP contribution < -0.4 is 11.1 Å². The Morgan fingerprint density at radius 3 is 2.74 bits per heavy atom. The highest BCUT2D eigenvalue weighted by Gasteiger charge is 2.11. The van der Waals surface area contributed by atoms with Crippen molar-refractivity contribution in [1.29, 1.82) is 0 Å². The number of rotatable bonds is 2. The first-order valence-corrected chi connectivity index (χ1v) is 6.25. The molecule has 3 N–H and O–H groups in total. The molecule has 0 atom stereocenters. The standard InChI is InChI=1S/C13H11BrFN3O/c1-7-4-8(5-12(16)17-7)13(19)18-11-3-2-9(14)6-10(11)15/h2-6H,1H3,(H2,16,17)(H,18,19). The average molecular weight is 324 g/mol. The Kier molecular flexibility index (Phi) is 3.80. The Hall–Kier alpha value is -1.95. The fourth-order valence-electron chi connectivity index (χ4n) is 1.61. The summed E-state index contributed by atoms with van der Waals surface area (Å²) in [6.45, 7) is 1.73. The lowest BCUT2D eigenvalue weighted by atomic mass is 10.2. The van der Waals surface area contributed by atoms with Crippen LogP contribution in [-0.4, -0.2) is 10.9 Å². The highest BCUT2D eigenvalue weighted by Crippen LogP contribution is 2.20. The monoisotopic (exact) mass is 323 g/mol. The van der Waals surface area contributed by atoms with Gasteiger partial charge in [0, 0.05) is 15.7 Å². The van der Waals surface area contributed by atoms with Gasteiger partial charge in [-0.3, -0.25) is 4.79 Å². The minimum absolute atomic E-state index is 0.112. The summed E-state index contributed by atoms with van der Waals surface area (Å²) in [6, 6.07) is 7.43. The third kappa shape index (κ3) is 3.29. The van der Waals surface area contributed by atoms with Crippen LogP contribution in [0.15, 0.2) is 34.8 Å². The van der Waals surface area contributed by atoms with Gasteiger partial charge < -0.3 is 11.1 Å². The van der Waals surface area contributed by atoms with Gasteiger partial charge in [-0.2, -0.15) is 0 Å². The van der Waals surface area contributed by atoms with Crippen molar-refractivity contribution in [2.75, 3.05) is 11.1 Å². The molecule has 0 radical (unpaired) electrons. The molecule has 1 aromatic heterocycles. The molecule has 2 aromatic rings. The number of amides is 1. The van der Waals surface area contributed by atoms with Gasteiger partial charge in [-0.05, 0) is 37.3 Å². The number of hydrogen-bond acceptors (Lipinski definition) is 3.